The Morgan fingerprint density at radius 3 is 1.38 bits per heavy atom. The number of aliphatic carboxylic acids is 2. The van der Waals surface area contributed by atoms with E-state index in [0.29, 0.717) is 0 Å². The van der Waals surface area contributed by atoms with Gasteiger partial charge in [-0.3, -0.25) is 9.59 Å². The largest absolute Gasteiger partial charge is 0.481 e. The molecular formula is C3H4AuO4. The van der Waals surface area contributed by atoms with Gasteiger partial charge in [-0.2, -0.15) is 0 Å². The monoisotopic (exact) mass is 301 g/mol. The van der Waals surface area contributed by atoms with Gasteiger partial charge < -0.3 is 10.2 Å². The Labute approximate surface area is 61.0 Å². The van der Waals surface area contributed by atoms with Crippen LogP contribution in [-0.4, -0.2) is 22.2 Å². The Morgan fingerprint density at radius 1 is 1.12 bits per heavy atom. The Balaban J connectivity index is 0. The molecule has 0 aromatic carbocycles. The topological polar surface area (TPSA) is 74.6 Å². The zero-order valence-corrected chi connectivity index (χ0v) is 5.89. The average molecular weight is 301 g/mol. The van der Waals surface area contributed by atoms with Crippen LogP contribution < -0.4 is 0 Å². The van der Waals surface area contributed by atoms with E-state index in [-0.39, 0.29) is 22.4 Å². The van der Waals surface area contributed by atoms with Crippen molar-refractivity contribution in [2.45, 2.75) is 6.42 Å². The normalized spacial score (nSPS) is 7.00. The van der Waals surface area contributed by atoms with Crippen LogP contribution in [0.25, 0.3) is 0 Å². The Morgan fingerprint density at radius 2 is 1.38 bits per heavy atom. The van der Waals surface area contributed by atoms with Crippen molar-refractivity contribution >= 4 is 11.9 Å². The molecule has 51 valence electrons. The van der Waals surface area contributed by atoms with Crippen LogP contribution in [0.4, 0.5) is 0 Å². The van der Waals surface area contributed by atoms with Gasteiger partial charge in [-0.15, -0.1) is 0 Å². The maximum atomic E-state index is 9.43. The fourth-order valence-electron chi connectivity index (χ4n) is 0.129. The summed E-state index contributed by atoms with van der Waals surface area (Å²) < 4.78 is 0. The molecule has 0 bridgehead atoms. The molecule has 8 heavy (non-hydrogen) atoms. The third kappa shape index (κ3) is 9.19. The second-order valence-corrected chi connectivity index (χ2v) is 0.964. The minimum atomic E-state index is -1.31. The quantitative estimate of drug-likeness (QED) is 0.535. The Bertz CT molecular complexity index is 87.5. The molecule has 0 unspecified atom stereocenters. The molecule has 0 aliphatic carbocycles. The standard InChI is InChI=1S/C3H4O4.Au/c4-2(5)1-3(6)7;/h1H2,(H,4,5)(H,6,7);. The number of hydrogen-bond donors (Lipinski definition) is 2. The Hall–Kier alpha value is -0.320. The molecule has 0 atom stereocenters. The second kappa shape index (κ2) is 4.83. The van der Waals surface area contributed by atoms with Gasteiger partial charge in [0.25, 0.3) is 0 Å². The minimum Gasteiger partial charge on any atom is -0.481 e. The summed E-state index contributed by atoms with van der Waals surface area (Å²) >= 11 is 0. The molecule has 4 nitrogen and oxygen atoms in total. The number of carboxylic acid groups (broad SMARTS) is 2. The smallest absolute Gasteiger partial charge is 0.314 e. The van der Waals surface area contributed by atoms with E-state index in [4.69, 9.17) is 10.2 Å². The van der Waals surface area contributed by atoms with E-state index in [2.05, 4.69) is 0 Å². The summed E-state index contributed by atoms with van der Waals surface area (Å²) in [5.74, 6) is -2.62. The van der Waals surface area contributed by atoms with Gasteiger partial charge in [0.1, 0.15) is 6.42 Å². The van der Waals surface area contributed by atoms with Gasteiger partial charge in [-0.25, -0.2) is 0 Å². The van der Waals surface area contributed by atoms with Crippen molar-refractivity contribution < 1.29 is 42.2 Å². The maximum Gasteiger partial charge on any atom is 0.314 e. The zero-order chi connectivity index (χ0) is 5.86. The summed E-state index contributed by atoms with van der Waals surface area (Å²) in [6, 6.07) is 0. The molecule has 0 aromatic heterocycles. The third-order valence-corrected chi connectivity index (χ3v) is 0.302. The summed E-state index contributed by atoms with van der Waals surface area (Å²) in [4.78, 5) is 18.9. The van der Waals surface area contributed by atoms with E-state index in [0.717, 1.165) is 0 Å². The van der Waals surface area contributed by atoms with Crippen molar-refractivity contribution in [1.29, 1.82) is 0 Å². The van der Waals surface area contributed by atoms with Gasteiger partial charge in [-0.1, -0.05) is 0 Å². The fourth-order valence-corrected chi connectivity index (χ4v) is 0.129. The van der Waals surface area contributed by atoms with E-state index in [1.165, 1.54) is 0 Å². The molecule has 1 radical (unpaired) electrons. The first kappa shape index (κ1) is 10.6. The Kier molecular flexibility index (Phi) is 6.41. The number of carboxylic acids is 2. The molecule has 0 saturated carbocycles. The molecule has 0 aliphatic rings. The number of hydrogen-bond acceptors (Lipinski definition) is 2. The van der Waals surface area contributed by atoms with E-state index >= 15 is 0 Å². The predicted octanol–water partition coefficient (Wildman–Crippen LogP) is -0.457. The van der Waals surface area contributed by atoms with Crippen LogP contribution in [0.5, 0.6) is 0 Å². The first-order valence-electron chi connectivity index (χ1n) is 1.56. The minimum absolute atomic E-state index is 0. The van der Waals surface area contributed by atoms with Crippen LogP contribution in [0.1, 0.15) is 6.42 Å². The van der Waals surface area contributed by atoms with E-state index < -0.39 is 18.4 Å². The molecule has 0 amide bonds. The van der Waals surface area contributed by atoms with Gasteiger partial charge in [-0.05, 0) is 0 Å². The van der Waals surface area contributed by atoms with Gasteiger partial charge >= 0.3 is 11.9 Å². The van der Waals surface area contributed by atoms with Crippen LogP contribution in [-0.2, 0) is 32.0 Å². The first-order chi connectivity index (χ1) is 3.13. The van der Waals surface area contributed by atoms with Crippen LogP contribution in [0.2, 0.25) is 0 Å². The predicted molar refractivity (Wildman–Crippen MR) is 19.9 cm³/mol. The van der Waals surface area contributed by atoms with Gasteiger partial charge in [0.2, 0.25) is 0 Å². The molecule has 0 heterocycles. The summed E-state index contributed by atoms with van der Waals surface area (Å²) in [5.41, 5.74) is 0. The second-order valence-electron chi connectivity index (χ2n) is 0.964. The van der Waals surface area contributed by atoms with Crippen LogP contribution in [0.3, 0.4) is 0 Å². The van der Waals surface area contributed by atoms with Crippen molar-refractivity contribution in [1.82, 2.24) is 0 Å². The first-order valence-corrected chi connectivity index (χ1v) is 1.56. The molecule has 2 N–H and O–H groups in total. The van der Waals surface area contributed by atoms with Crippen molar-refractivity contribution in [3.8, 4) is 0 Å². The van der Waals surface area contributed by atoms with Crippen molar-refractivity contribution in [2.75, 3.05) is 0 Å². The summed E-state index contributed by atoms with van der Waals surface area (Å²) in [6.07, 6.45) is -0.806. The molecule has 0 rings (SSSR count). The molecule has 0 aromatic rings. The fraction of sp³-hybridized carbons (Fsp3) is 0.333. The molecule has 0 aliphatic heterocycles. The molecular weight excluding hydrogens is 297 g/mol. The SMILES string of the molecule is O=C(O)CC(=O)O.[Au]. The van der Waals surface area contributed by atoms with Crippen LogP contribution >= 0.6 is 0 Å². The zero-order valence-electron chi connectivity index (χ0n) is 3.72. The van der Waals surface area contributed by atoms with Crippen molar-refractivity contribution in [3.63, 3.8) is 0 Å². The summed E-state index contributed by atoms with van der Waals surface area (Å²) in [5, 5.41) is 15.4. The van der Waals surface area contributed by atoms with Gasteiger partial charge in [0.05, 0.1) is 0 Å². The number of carbonyl (C=O) groups is 2. The van der Waals surface area contributed by atoms with E-state index in [1.54, 1.807) is 0 Å². The molecule has 0 spiro atoms. The van der Waals surface area contributed by atoms with Gasteiger partial charge in [0.15, 0.2) is 0 Å². The van der Waals surface area contributed by atoms with Crippen molar-refractivity contribution in [2.24, 2.45) is 0 Å². The van der Waals surface area contributed by atoms with Crippen LogP contribution in [0, 0.1) is 0 Å². The number of rotatable bonds is 2. The average Bonchev–Trinajstić information content (AvgIpc) is 1.27. The molecule has 0 saturated heterocycles. The molecule has 5 heteroatoms. The maximum absolute atomic E-state index is 9.43. The summed E-state index contributed by atoms with van der Waals surface area (Å²) in [6.45, 7) is 0. The van der Waals surface area contributed by atoms with Crippen LogP contribution in [0.15, 0.2) is 0 Å². The third-order valence-electron chi connectivity index (χ3n) is 0.302. The summed E-state index contributed by atoms with van der Waals surface area (Å²) in [7, 11) is 0. The van der Waals surface area contributed by atoms with Gasteiger partial charge in [0, 0.05) is 22.4 Å². The van der Waals surface area contributed by atoms with E-state index in [9.17, 15) is 9.59 Å². The van der Waals surface area contributed by atoms with E-state index in [1.807, 2.05) is 0 Å². The molecule has 0 fully saturated rings. The van der Waals surface area contributed by atoms with Crippen molar-refractivity contribution in [3.05, 3.63) is 0 Å².